The highest BCUT2D eigenvalue weighted by molar-refractivity contribution is 7.89. The first-order valence-electron chi connectivity index (χ1n) is 9.51. The van der Waals surface area contributed by atoms with E-state index in [9.17, 15) is 13.2 Å². The van der Waals surface area contributed by atoms with Crippen molar-refractivity contribution in [3.05, 3.63) is 83.4 Å². The maximum atomic E-state index is 12.8. The summed E-state index contributed by atoms with van der Waals surface area (Å²) in [4.78, 5) is 12.7. The van der Waals surface area contributed by atoms with E-state index in [1.165, 1.54) is 25.3 Å². The van der Waals surface area contributed by atoms with Crippen LogP contribution in [0.4, 0.5) is 5.69 Å². The summed E-state index contributed by atoms with van der Waals surface area (Å²) in [6.45, 7) is 1.94. The fraction of sp³-hybridized carbons (Fsp3) is 0.174. The summed E-state index contributed by atoms with van der Waals surface area (Å²) in [5.74, 6) is 0.698. The molecule has 162 valence electrons. The number of hydrogen-bond donors (Lipinski definition) is 2. The monoisotopic (exact) mass is 440 g/mol. The van der Waals surface area contributed by atoms with E-state index in [1.807, 2.05) is 19.1 Å². The molecule has 3 aromatic carbocycles. The van der Waals surface area contributed by atoms with Gasteiger partial charge >= 0.3 is 0 Å². The number of nitrogens with one attached hydrogen (secondary N) is 2. The van der Waals surface area contributed by atoms with Gasteiger partial charge in [-0.05, 0) is 54.4 Å². The molecule has 0 saturated heterocycles. The molecule has 0 atom stereocenters. The van der Waals surface area contributed by atoms with Crippen LogP contribution in [-0.4, -0.2) is 28.5 Å². The van der Waals surface area contributed by atoms with Gasteiger partial charge in [0.1, 0.15) is 11.5 Å². The maximum absolute atomic E-state index is 12.8. The van der Waals surface area contributed by atoms with Gasteiger partial charge in [-0.3, -0.25) is 4.79 Å². The Hall–Kier alpha value is -3.36. The van der Waals surface area contributed by atoms with Crippen LogP contribution < -0.4 is 19.5 Å². The van der Waals surface area contributed by atoms with E-state index >= 15 is 0 Å². The molecule has 0 aliphatic heterocycles. The second-order valence-electron chi connectivity index (χ2n) is 6.80. The fourth-order valence-electron chi connectivity index (χ4n) is 2.97. The lowest BCUT2D eigenvalue weighted by Crippen LogP contribution is -2.23. The third-order valence-corrected chi connectivity index (χ3v) is 6.14. The maximum Gasteiger partial charge on any atom is 0.256 e. The number of methoxy groups -OCH3 is 2. The number of carbonyl (C=O) groups excluding carboxylic acids is 1. The van der Waals surface area contributed by atoms with Crippen LogP contribution in [0.25, 0.3) is 0 Å². The van der Waals surface area contributed by atoms with Crippen LogP contribution >= 0.6 is 0 Å². The average molecular weight is 441 g/mol. The van der Waals surface area contributed by atoms with Gasteiger partial charge in [-0.15, -0.1) is 0 Å². The van der Waals surface area contributed by atoms with Gasteiger partial charge in [0.15, 0.2) is 0 Å². The summed E-state index contributed by atoms with van der Waals surface area (Å²) in [7, 11) is -0.799. The van der Waals surface area contributed by atoms with E-state index < -0.39 is 10.0 Å². The van der Waals surface area contributed by atoms with Crippen molar-refractivity contribution in [3.63, 3.8) is 0 Å². The Morgan fingerprint density at radius 3 is 2.29 bits per heavy atom. The Bertz CT molecular complexity index is 1170. The second kappa shape index (κ2) is 9.63. The summed E-state index contributed by atoms with van der Waals surface area (Å²) < 4.78 is 38.6. The molecule has 2 N–H and O–H groups in total. The van der Waals surface area contributed by atoms with E-state index in [4.69, 9.17) is 9.47 Å². The molecule has 1 amide bonds. The second-order valence-corrected chi connectivity index (χ2v) is 8.57. The first-order chi connectivity index (χ1) is 14.8. The Morgan fingerprint density at radius 2 is 1.65 bits per heavy atom. The standard InChI is InChI=1S/C23H24N2O5S/c1-16-6-4-5-7-20(16)23(26)25-21-14-19(12-13-22(21)30-3)31(27,28)24-15-17-8-10-18(29-2)11-9-17/h4-14,24H,15H2,1-3H3,(H,25,26). The number of hydrogen-bond acceptors (Lipinski definition) is 5. The van der Waals surface area contributed by atoms with Crippen molar-refractivity contribution >= 4 is 21.6 Å². The molecule has 3 aromatic rings. The van der Waals surface area contributed by atoms with Crippen LogP contribution in [0.1, 0.15) is 21.5 Å². The molecule has 0 saturated carbocycles. The molecule has 0 unspecified atom stereocenters. The third-order valence-electron chi connectivity index (χ3n) is 4.74. The molecule has 0 aliphatic carbocycles. The van der Waals surface area contributed by atoms with Crippen molar-refractivity contribution in [3.8, 4) is 11.5 Å². The van der Waals surface area contributed by atoms with Crippen molar-refractivity contribution in [2.45, 2.75) is 18.4 Å². The van der Waals surface area contributed by atoms with Crippen LogP contribution in [0.2, 0.25) is 0 Å². The molecular formula is C23H24N2O5S. The lowest BCUT2D eigenvalue weighted by atomic mass is 10.1. The van der Waals surface area contributed by atoms with Gasteiger partial charge in [0, 0.05) is 12.1 Å². The molecule has 8 heteroatoms. The SMILES string of the molecule is COc1ccc(CNS(=O)(=O)c2ccc(OC)c(NC(=O)c3ccccc3C)c2)cc1. The lowest BCUT2D eigenvalue weighted by molar-refractivity contribution is 0.102. The fourth-order valence-corrected chi connectivity index (χ4v) is 4.02. The third kappa shape index (κ3) is 5.42. The number of anilines is 1. The smallest absolute Gasteiger partial charge is 0.256 e. The highest BCUT2D eigenvalue weighted by Gasteiger charge is 2.18. The van der Waals surface area contributed by atoms with E-state index in [0.29, 0.717) is 17.1 Å². The van der Waals surface area contributed by atoms with Gasteiger partial charge in [0.25, 0.3) is 5.91 Å². The predicted molar refractivity (Wildman–Crippen MR) is 119 cm³/mol. The summed E-state index contributed by atoms with van der Waals surface area (Å²) in [5.41, 5.74) is 2.35. The summed E-state index contributed by atoms with van der Waals surface area (Å²) in [6, 6.07) is 18.5. The van der Waals surface area contributed by atoms with Gasteiger partial charge in [0.05, 0.1) is 24.8 Å². The van der Waals surface area contributed by atoms with Crippen LogP contribution in [-0.2, 0) is 16.6 Å². The van der Waals surface area contributed by atoms with Crippen molar-refractivity contribution in [1.82, 2.24) is 4.72 Å². The number of benzene rings is 3. The normalized spacial score (nSPS) is 11.1. The Balaban J connectivity index is 1.81. The van der Waals surface area contributed by atoms with Gasteiger partial charge < -0.3 is 14.8 Å². The Kier molecular flexibility index (Phi) is 6.94. The summed E-state index contributed by atoms with van der Waals surface area (Å²) in [6.07, 6.45) is 0. The van der Waals surface area contributed by atoms with E-state index in [0.717, 1.165) is 11.1 Å². The molecule has 0 aromatic heterocycles. The quantitative estimate of drug-likeness (QED) is 0.557. The zero-order chi connectivity index (χ0) is 22.4. The van der Waals surface area contributed by atoms with Crippen molar-refractivity contribution in [1.29, 1.82) is 0 Å². The molecule has 0 spiro atoms. The number of aryl methyl sites for hydroxylation is 1. The largest absolute Gasteiger partial charge is 0.497 e. The van der Waals surface area contributed by atoms with Crippen LogP contribution in [0.5, 0.6) is 11.5 Å². The molecule has 3 rings (SSSR count). The first-order valence-corrected chi connectivity index (χ1v) is 11.0. The summed E-state index contributed by atoms with van der Waals surface area (Å²) in [5, 5.41) is 2.75. The minimum absolute atomic E-state index is 0.0156. The molecule has 0 heterocycles. The number of ether oxygens (including phenoxy) is 2. The minimum atomic E-state index is -3.82. The molecular weight excluding hydrogens is 416 g/mol. The van der Waals surface area contributed by atoms with E-state index in [2.05, 4.69) is 10.0 Å². The van der Waals surface area contributed by atoms with Crippen LogP contribution in [0, 0.1) is 6.92 Å². The average Bonchev–Trinajstić information content (AvgIpc) is 2.78. The summed E-state index contributed by atoms with van der Waals surface area (Å²) >= 11 is 0. The van der Waals surface area contributed by atoms with E-state index in [-0.39, 0.29) is 23.0 Å². The van der Waals surface area contributed by atoms with Gasteiger partial charge in [0.2, 0.25) is 10.0 Å². The number of carbonyl (C=O) groups is 1. The zero-order valence-corrected chi connectivity index (χ0v) is 18.3. The number of rotatable bonds is 8. The predicted octanol–water partition coefficient (Wildman–Crippen LogP) is 3.74. The highest BCUT2D eigenvalue weighted by atomic mass is 32.2. The van der Waals surface area contributed by atoms with Gasteiger partial charge in [-0.25, -0.2) is 13.1 Å². The van der Waals surface area contributed by atoms with Crippen LogP contribution in [0.3, 0.4) is 0 Å². The number of sulfonamides is 1. The first kappa shape index (κ1) is 22.3. The molecule has 0 fully saturated rings. The lowest BCUT2D eigenvalue weighted by Gasteiger charge is -2.14. The molecule has 7 nitrogen and oxygen atoms in total. The van der Waals surface area contributed by atoms with Crippen LogP contribution in [0.15, 0.2) is 71.6 Å². The Labute approximate surface area is 182 Å². The van der Waals surface area contributed by atoms with E-state index in [1.54, 1.807) is 43.5 Å². The molecule has 31 heavy (non-hydrogen) atoms. The van der Waals surface area contributed by atoms with Crippen molar-refractivity contribution in [2.24, 2.45) is 0 Å². The molecule has 0 aliphatic rings. The number of amides is 1. The highest BCUT2D eigenvalue weighted by Crippen LogP contribution is 2.28. The van der Waals surface area contributed by atoms with Crippen molar-refractivity contribution < 1.29 is 22.7 Å². The van der Waals surface area contributed by atoms with Gasteiger partial charge in [-0.1, -0.05) is 30.3 Å². The topological polar surface area (TPSA) is 93.7 Å². The minimum Gasteiger partial charge on any atom is -0.497 e. The molecule has 0 radical (unpaired) electrons. The Morgan fingerprint density at radius 1 is 0.935 bits per heavy atom. The zero-order valence-electron chi connectivity index (χ0n) is 17.5. The van der Waals surface area contributed by atoms with Gasteiger partial charge in [-0.2, -0.15) is 0 Å². The van der Waals surface area contributed by atoms with Crippen molar-refractivity contribution in [2.75, 3.05) is 19.5 Å². The molecule has 0 bridgehead atoms.